The van der Waals surface area contributed by atoms with Crippen molar-refractivity contribution in [3.63, 3.8) is 0 Å². The summed E-state index contributed by atoms with van der Waals surface area (Å²) in [6, 6.07) is 13.5. The first-order chi connectivity index (χ1) is 13.0. The summed E-state index contributed by atoms with van der Waals surface area (Å²) in [5.41, 5.74) is 3.00. The van der Waals surface area contributed by atoms with Gasteiger partial charge in [0.15, 0.2) is 0 Å². The third-order valence-electron chi connectivity index (χ3n) is 4.87. The molecular formula is C21H26ClN3O2. The van der Waals surface area contributed by atoms with Crippen LogP contribution in [-0.4, -0.2) is 44.2 Å². The number of rotatable bonds is 4. The Bertz CT molecular complexity index is 802. The average molecular weight is 388 g/mol. The molecule has 0 atom stereocenters. The Hall–Kier alpha value is -2.40. The zero-order valence-electron chi connectivity index (χ0n) is 16.0. The standard InChI is InChI=1S/C21H26ClN3O2/c1-15(2)17-6-4-5-7-18(17)23-21(26)25-12-10-24(11-13-25)19-14-16(22)8-9-20(19)27-3/h4-9,14-15H,10-13H2,1-3H3,(H,23,26). The van der Waals surface area contributed by atoms with E-state index in [0.717, 1.165) is 35.8 Å². The van der Waals surface area contributed by atoms with Gasteiger partial charge in [0.05, 0.1) is 12.8 Å². The van der Waals surface area contributed by atoms with E-state index in [0.29, 0.717) is 24.0 Å². The number of halogens is 1. The number of methoxy groups -OCH3 is 1. The normalized spacial score (nSPS) is 14.4. The van der Waals surface area contributed by atoms with Gasteiger partial charge >= 0.3 is 6.03 Å². The quantitative estimate of drug-likeness (QED) is 0.817. The van der Waals surface area contributed by atoms with Crippen molar-refractivity contribution in [1.29, 1.82) is 0 Å². The number of anilines is 2. The van der Waals surface area contributed by atoms with Crippen molar-refractivity contribution >= 4 is 29.0 Å². The van der Waals surface area contributed by atoms with Crippen LogP contribution in [0.5, 0.6) is 5.75 Å². The molecule has 1 aliphatic rings. The van der Waals surface area contributed by atoms with Gasteiger partial charge in [-0.1, -0.05) is 43.6 Å². The molecule has 27 heavy (non-hydrogen) atoms. The van der Waals surface area contributed by atoms with Crippen molar-refractivity contribution in [3.8, 4) is 5.75 Å². The van der Waals surface area contributed by atoms with Gasteiger partial charge in [0.25, 0.3) is 0 Å². The minimum Gasteiger partial charge on any atom is -0.495 e. The van der Waals surface area contributed by atoms with Crippen LogP contribution in [0.2, 0.25) is 5.02 Å². The van der Waals surface area contributed by atoms with Crippen molar-refractivity contribution < 1.29 is 9.53 Å². The van der Waals surface area contributed by atoms with E-state index in [2.05, 4.69) is 30.1 Å². The molecule has 0 saturated carbocycles. The second-order valence-corrected chi connectivity index (χ2v) is 7.40. The number of benzene rings is 2. The Labute approximate surface area is 165 Å². The Balaban J connectivity index is 1.64. The topological polar surface area (TPSA) is 44.8 Å². The number of hydrogen-bond donors (Lipinski definition) is 1. The second-order valence-electron chi connectivity index (χ2n) is 6.96. The molecule has 5 nitrogen and oxygen atoms in total. The van der Waals surface area contributed by atoms with Crippen molar-refractivity contribution in [3.05, 3.63) is 53.1 Å². The lowest BCUT2D eigenvalue weighted by Gasteiger charge is -2.36. The third-order valence-corrected chi connectivity index (χ3v) is 5.11. The average Bonchev–Trinajstić information content (AvgIpc) is 2.68. The Morgan fingerprint density at radius 3 is 2.48 bits per heavy atom. The number of amides is 2. The molecule has 0 radical (unpaired) electrons. The maximum absolute atomic E-state index is 12.7. The fourth-order valence-corrected chi connectivity index (χ4v) is 3.54. The number of ether oxygens (including phenoxy) is 1. The zero-order chi connectivity index (χ0) is 19.4. The van der Waals surface area contributed by atoms with Crippen LogP contribution in [0.1, 0.15) is 25.3 Å². The highest BCUT2D eigenvalue weighted by Gasteiger charge is 2.23. The summed E-state index contributed by atoms with van der Waals surface area (Å²) in [7, 11) is 1.66. The second kappa shape index (κ2) is 8.53. The molecule has 0 aliphatic carbocycles. The van der Waals surface area contributed by atoms with Crippen LogP contribution >= 0.6 is 11.6 Å². The number of urea groups is 1. The van der Waals surface area contributed by atoms with E-state index in [1.165, 1.54) is 0 Å². The molecule has 3 rings (SSSR count). The van der Waals surface area contributed by atoms with E-state index >= 15 is 0 Å². The molecular weight excluding hydrogens is 362 g/mol. The molecule has 2 aromatic rings. The Morgan fingerprint density at radius 2 is 1.81 bits per heavy atom. The van der Waals surface area contributed by atoms with Gasteiger partial charge in [0, 0.05) is 36.9 Å². The van der Waals surface area contributed by atoms with Crippen molar-refractivity contribution in [2.75, 3.05) is 43.5 Å². The van der Waals surface area contributed by atoms with Crippen molar-refractivity contribution in [1.82, 2.24) is 4.90 Å². The molecule has 0 bridgehead atoms. The summed E-state index contributed by atoms with van der Waals surface area (Å²) in [4.78, 5) is 16.8. The van der Waals surface area contributed by atoms with Gasteiger partial charge in [0.1, 0.15) is 5.75 Å². The number of nitrogens with zero attached hydrogens (tertiary/aromatic N) is 2. The van der Waals surface area contributed by atoms with E-state index in [1.54, 1.807) is 7.11 Å². The predicted octanol–water partition coefficient (Wildman–Crippen LogP) is 4.83. The van der Waals surface area contributed by atoms with Gasteiger partial charge in [-0.3, -0.25) is 0 Å². The number of carbonyl (C=O) groups excluding carboxylic acids is 1. The smallest absolute Gasteiger partial charge is 0.321 e. The molecule has 1 heterocycles. The SMILES string of the molecule is COc1ccc(Cl)cc1N1CCN(C(=O)Nc2ccccc2C(C)C)CC1. The first kappa shape index (κ1) is 19.4. The van der Waals surface area contributed by atoms with Gasteiger partial charge in [-0.15, -0.1) is 0 Å². The minimum absolute atomic E-state index is 0.0548. The summed E-state index contributed by atoms with van der Waals surface area (Å²) in [5.74, 6) is 1.15. The largest absolute Gasteiger partial charge is 0.495 e. The molecule has 0 unspecified atom stereocenters. The van der Waals surface area contributed by atoms with Gasteiger partial charge in [0.2, 0.25) is 0 Å². The molecule has 1 saturated heterocycles. The Morgan fingerprint density at radius 1 is 1.11 bits per heavy atom. The van der Waals surface area contributed by atoms with Crippen molar-refractivity contribution in [2.45, 2.75) is 19.8 Å². The van der Waals surface area contributed by atoms with Crippen LogP contribution in [0.3, 0.4) is 0 Å². The van der Waals surface area contributed by atoms with Crippen LogP contribution in [0.15, 0.2) is 42.5 Å². The summed E-state index contributed by atoms with van der Waals surface area (Å²) < 4.78 is 5.45. The molecule has 1 fully saturated rings. The lowest BCUT2D eigenvalue weighted by molar-refractivity contribution is 0.208. The van der Waals surface area contributed by atoms with Gasteiger partial charge in [-0.25, -0.2) is 4.79 Å². The van der Waals surface area contributed by atoms with Crippen LogP contribution in [-0.2, 0) is 0 Å². The number of hydrogen-bond acceptors (Lipinski definition) is 3. The van der Waals surface area contributed by atoms with Crippen LogP contribution in [0, 0.1) is 0 Å². The van der Waals surface area contributed by atoms with Crippen LogP contribution < -0.4 is 15.0 Å². The maximum atomic E-state index is 12.7. The molecule has 1 N–H and O–H groups in total. The first-order valence-corrected chi connectivity index (χ1v) is 9.60. The van der Waals surface area contributed by atoms with Crippen LogP contribution in [0.4, 0.5) is 16.2 Å². The molecule has 1 aliphatic heterocycles. The summed E-state index contributed by atoms with van der Waals surface area (Å²) in [6.07, 6.45) is 0. The van der Waals surface area contributed by atoms with E-state index < -0.39 is 0 Å². The molecule has 0 aromatic heterocycles. The number of carbonyl (C=O) groups is 1. The zero-order valence-corrected chi connectivity index (χ0v) is 16.8. The van der Waals surface area contributed by atoms with Gasteiger partial charge in [-0.2, -0.15) is 0 Å². The monoisotopic (exact) mass is 387 g/mol. The summed E-state index contributed by atoms with van der Waals surface area (Å²) >= 11 is 6.15. The van der Waals surface area contributed by atoms with E-state index in [9.17, 15) is 4.79 Å². The predicted molar refractivity (Wildman–Crippen MR) is 111 cm³/mol. The number of para-hydroxylation sites is 1. The minimum atomic E-state index is -0.0548. The van der Waals surface area contributed by atoms with Gasteiger partial charge in [-0.05, 0) is 35.7 Å². The van der Waals surface area contributed by atoms with Gasteiger partial charge < -0.3 is 19.9 Å². The highest BCUT2D eigenvalue weighted by Crippen LogP contribution is 2.32. The fraction of sp³-hybridized carbons (Fsp3) is 0.381. The van der Waals surface area contributed by atoms with Crippen LogP contribution in [0.25, 0.3) is 0 Å². The van der Waals surface area contributed by atoms with E-state index in [4.69, 9.17) is 16.3 Å². The molecule has 2 amide bonds. The first-order valence-electron chi connectivity index (χ1n) is 9.23. The fourth-order valence-electron chi connectivity index (χ4n) is 3.37. The lowest BCUT2D eigenvalue weighted by Crippen LogP contribution is -2.50. The van der Waals surface area contributed by atoms with Crippen molar-refractivity contribution in [2.24, 2.45) is 0 Å². The third kappa shape index (κ3) is 4.48. The summed E-state index contributed by atoms with van der Waals surface area (Å²) in [5, 5.41) is 3.75. The highest BCUT2D eigenvalue weighted by molar-refractivity contribution is 6.30. The van der Waals surface area contributed by atoms with E-state index in [-0.39, 0.29) is 6.03 Å². The molecule has 0 spiro atoms. The summed E-state index contributed by atoms with van der Waals surface area (Å²) in [6.45, 7) is 7.01. The number of piperazine rings is 1. The number of nitrogens with one attached hydrogen (secondary N) is 1. The lowest BCUT2D eigenvalue weighted by atomic mass is 10.0. The molecule has 144 valence electrons. The Kier molecular flexibility index (Phi) is 6.11. The van der Waals surface area contributed by atoms with E-state index in [1.807, 2.05) is 41.3 Å². The molecule has 2 aromatic carbocycles. The maximum Gasteiger partial charge on any atom is 0.321 e. The highest BCUT2D eigenvalue weighted by atomic mass is 35.5. The molecule has 6 heteroatoms.